The number of allylic oxidation sites excluding steroid dienone is 25. The Bertz CT molecular complexity index is 2590. The fraction of sp³-hybridized carbons (Fsp3) is 0.700. The van der Waals surface area contributed by atoms with E-state index in [1.54, 1.807) is 6.08 Å². The minimum atomic E-state index is -1.99. The van der Waals surface area contributed by atoms with E-state index >= 15 is 0 Å². The molecule has 0 saturated carbocycles. The largest absolute Gasteiger partial charge is 0.394 e. The maximum absolute atomic E-state index is 13.5. The van der Waals surface area contributed by atoms with Crippen LogP contribution in [0.5, 0.6) is 0 Å². The maximum Gasteiger partial charge on any atom is 0.220 e. The van der Waals surface area contributed by atoms with Crippen molar-refractivity contribution in [1.29, 1.82) is 0 Å². The number of aliphatic hydroxyl groups excluding tert-OH is 11. The second-order valence-electron chi connectivity index (χ2n) is 29.2. The third-order valence-corrected chi connectivity index (χ3v) is 19.8. The van der Waals surface area contributed by atoms with Gasteiger partial charge in [-0.2, -0.15) is 0 Å². The van der Waals surface area contributed by atoms with Gasteiger partial charge in [-0.1, -0.05) is 300 Å². The summed E-state index contributed by atoms with van der Waals surface area (Å²) in [5.74, 6) is -0.299. The van der Waals surface area contributed by atoms with E-state index in [4.69, 9.17) is 28.4 Å². The molecule has 17 unspecified atom stereocenters. The number of ether oxygens (including phenoxy) is 6. The first-order valence-electron chi connectivity index (χ1n) is 42.2. The summed E-state index contributed by atoms with van der Waals surface area (Å²) in [6.45, 7) is 1.59. The molecule has 1 amide bonds. The first-order chi connectivity index (χ1) is 53.3. The van der Waals surface area contributed by atoms with Crippen LogP contribution < -0.4 is 5.32 Å². The van der Waals surface area contributed by atoms with E-state index in [2.05, 4.69) is 165 Å². The van der Waals surface area contributed by atoms with Gasteiger partial charge in [0.25, 0.3) is 0 Å². The molecule has 3 saturated heterocycles. The number of hydrogen-bond donors (Lipinski definition) is 12. The van der Waals surface area contributed by atoms with Crippen molar-refractivity contribution in [1.82, 2.24) is 5.32 Å². The van der Waals surface area contributed by atoms with Crippen LogP contribution in [0.25, 0.3) is 0 Å². The van der Waals surface area contributed by atoms with E-state index in [1.807, 2.05) is 6.08 Å². The van der Waals surface area contributed by atoms with Crippen molar-refractivity contribution in [2.45, 2.75) is 375 Å². The Hall–Kier alpha value is -4.59. The normalized spacial score (nSPS) is 26.1. The molecule has 0 aliphatic carbocycles. The van der Waals surface area contributed by atoms with Crippen molar-refractivity contribution in [2.24, 2.45) is 0 Å². The van der Waals surface area contributed by atoms with Crippen LogP contribution in [0.2, 0.25) is 0 Å². The predicted molar refractivity (Wildman–Crippen MR) is 438 cm³/mol. The van der Waals surface area contributed by atoms with Crippen molar-refractivity contribution in [3.63, 3.8) is 0 Å². The third kappa shape index (κ3) is 47.0. The average Bonchev–Trinajstić information content (AvgIpc) is 0.760. The van der Waals surface area contributed by atoms with Crippen LogP contribution in [0.15, 0.2) is 158 Å². The molecule has 12 N–H and O–H groups in total. The lowest BCUT2D eigenvalue weighted by Crippen LogP contribution is -2.66. The molecule has 17 atom stereocenters. The summed E-state index contributed by atoms with van der Waals surface area (Å²) in [6, 6.07) is -1.01. The van der Waals surface area contributed by atoms with Gasteiger partial charge < -0.3 is 89.9 Å². The lowest BCUT2D eigenvalue weighted by Gasteiger charge is -2.48. The van der Waals surface area contributed by atoms with Crippen molar-refractivity contribution in [3.8, 4) is 0 Å². The zero-order valence-electron chi connectivity index (χ0n) is 66.7. The Labute approximate surface area is 656 Å². The Kier molecular flexibility index (Phi) is 61.4. The van der Waals surface area contributed by atoms with Crippen molar-refractivity contribution < 1.29 is 89.4 Å². The molecule has 19 heteroatoms. The molecule has 3 rings (SSSR count). The second kappa shape index (κ2) is 67.9. The molecule has 3 heterocycles. The smallest absolute Gasteiger partial charge is 0.220 e. The van der Waals surface area contributed by atoms with Gasteiger partial charge in [0.2, 0.25) is 5.91 Å². The van der Waals surface area contributed by atoms with Crippen molar-refractivity contribution in [2.75, 3.05) is 26.4 Å². The van der Waals surface area contributed by atoms with Crippen LogP contribution in [0.4, 0.5) is 0 Å². The fourth-order valence-electron chi connectivity index (χ4n) is 13.1. The summed E-state index contributed by atoms with van der Waals surface area (Å²) in [7, 11) is 0. The highest BCUT2D eigenvalue weighted by Gasteiger charge is 2.54. The van der Waals surface area contributed by atoms with Crippen LogP contribution >= 0.6 is 0 Å². The Morgan fingerprint density at radius 2 is 0.642 bits per heavy atom. The van der Waals surface area contributed by atoms with Gasteiger partial charge in [-0.05, 0) is 122 Å². The van der Waals surface area contributed by atoms with Gasteiger partial charge in [0.15, 0.2) is 18.9 Å². The summed E-state index contributed by atoms with van der Waals surface area (Å²) in [6.07, 6.45) is 73.7. The predicted octanol–water partition coefficient (Wildman–Crippen LogP) is 15.2. The minimum Gasteiger partial charge on any atom is -0.394 e. The number of carbonyl (C=O) groups is 1. The van der Waals surface area contributed by atoms with Gasteiger partial charge in [0.1, 0.15) is 73.2 Å². The van der Waals surface area contributed by atoms with Gasteiger partial charge >= 0.3 is 0 Å². The highest BCUT2D eigenvalue weighted by Crippen LogP contribution is 2.33. The molecule has 0 aromatic rings. The molecule has 0 radical (unpaired) electrons. The van der Waals surface area contributed by atoms with E-state index in [0.29, 0.717) is 12.8 Å². The van der Waals surface area contributed by atoms with Crippen LogP contribution in [-0.2, 0) is 33.2 Å². The van der Waals surface area contributed by atoms with Crippen LogP contribution in [0, 0.1) is 0 Å². The molecule has 0 aromatic carbocycles. The number of unbranched alkanes of at least 4 members (excludes halogenated alkanes) is 25. The van der Waals surface area contributed by atoms with Gasteiger partial charge in [-0.25, -0.2) is 0 Å². The lowest BCUT2D eigenvalue weighted by molar-refractivity contribution is -0.379. The summed E-state index contributed by atoms with van der Waals surface area (Å²) in [5, 5.41) is 121. The molecule has 0 spiro atoms. The van der Waals surface area contributed by atoms with E-state index in [1.165, 1.54) is 116 Å². The van der Waals surface area contributed by atoms with Gasteiger partial charge in [-0.15, -0.1) is 0 Å². The highest BCUT2D eigenvalue weighted by molar-refractivity contribution is 5.76. The van der Waals surface area contributed by atoms with E-state index in [-0.39, 0.29) is 18.9 Å². The summed E-state index contributed by atoms with van der Waals surface area (Å²) in [5.41, 5.74) is 0. The van der Waals surface area contributed by atoms with Crippen molar-refractivity contribution in [3.05, 3.63) is 158 Å². The number of hydrogen-bond acceptors (Lipinski definition) is 18. The van der Waals surface area contributed by atoms with Crippen LogP contribution in [0.1, 0.15) is 271 Å². The Morgan fingerprint density at radius 1 is 0.339 bits per heavy atom. The number of rotatable bonds is 65. The molecular weight excluding hydrogens is 1380 g/mol. The SMILES string of the molecule is CC/C=C\C/C=C\C/C=C\C/C=C\C/C=C\C/C=C\C/C=C\C/C=C\C/C=C\C/C=C\CCCCCCCCCCCCC(=O)NC(COC1OC(CO)C(OC2OC(CO)C(OC3OC(CO)C(O)C(O)C3O)C(O)C2O)C(O)C1O)C(O)/C=C/CC/C=C/CC/C=C/CCCCCCCCCCCCCCC. The first kappa shape index (κ1) is 98.6. The van der Waals surface area contributed by atoms with Crippen molar-refractivity contribution >= 4 is 5.91 Å². The topological polar surface area (TPSA) is 307 Å². The molecule has 3 fully saturated rings. The van der Waals surface area contributed by atoms with Crippen LogP contribution in [0.3, 0.4) is 0 Å². The first-order valence-corrected chi connectivity index (χ1v) is 42.2. The molecule has 0 aromatic heterocycles. The average molecular weight is 1530 g/mol. The fourth-order valence-corrected chi connectivity index (χ4v) is 13.1. The molecule has 3 aliphatic rings. The zero-order chi connectivity index (χ0) is 78.8. The molecule has 19 nitrogen and oxygen atoms in total. The summed E-state index contributed by atoms with van der Waals surface area (Å²) >= 11 is 0. The van der Waals surface area contributed by atoms with E-state index in [0.717, 1.165) is 122 Å². The lowest BCUT2D eigenvalue weighted by atomic mass is 9.96. The molecule has 622 valence electrons. The second-order valence-corrected chi connectivity index (χ2v) is 29.2. The highest BCUT2D eigenvalue weighted by atomic mass is 16.8. The number of amides is 1. The van der Waals surface area contributed by atoms with E-state index in [9.17, 15) is 61.0 Å². The maximum atomic E-state index is 13.5. The number of carbonyl (C=O) groups excluding carboxylic acids is 1. The minimum absolute atomic E-state index is 0.217. The summed E-state index contributed by atoms with van der Waals surface area (Å²) in [4.78, 5) is 13.5. The van der Waals surface area contributed by atoms with Gasteiger partial charge in [0, 0.05) is 6.42 Å². The standard InChI is InChI=1S/C90H149NO18/c1-3-5-7-9-11-13-15-17-19-21-23-25-27-28-29-30-31-32-33-34-35-36-37-38-39-40-41-42-43-44-46-48-50-52-54-56-58-60-62-64-66-68-78(96)91-73(74(95)67-65-63-61-59-57-55-53-51-49-47-45-26-24-22-20-18-16-14-12-10-8-6-4-2)72-104-88-84(102)81(99)86(76(70-93)106-88)109-90-85(103)82(100)87(77(71-94)107-90)108-89-83(101)80(98)79(97)75(69-92)105-89/h5,7,11,13,17,19,23,25,28-29,31-32,34-35,37-38,40-41,43-44,49,51,57,59,65,67,73-77,79-90,92-95,97-103H,3-4,6,8-10,12,14-16,18,20-22,24,26-27,30,33,36,39,42,45-48,50,52-56,58,60-64,66,68-72H2,1-2H3,(H,91,96)/b7-5-,13-11-,19-17-,25-23-,29-28-,32-31-,35-34-,38-37-,41-40-,44-43-,51-49+,59-57+,67-65+. The van der Waals surface area contributed by atoms with E-state index < -0.39 is 124 Å². The monoisotopic (exact) mass is 1530 g/mol. The molecule has 3 aliphatic heterocycles. The molecule has 0 bridgehead atoms. The van der Waals surface area contributed by atoms with Crippen LogP contribution in [-0.4, -0.2) is 193 Å². The molecule has 109 heavy (non-hydrogen) atoms. The van der Waals surface area contributed by atoms with Gasteiger partial charge in [0.05, 0.1) is 38.6 Å². The third-order valence-electron chi connectivity index (χ3n) is 19.8. The quantitative estimate of drug-likeness (QED) is 0.0199. The Balaban J connectivity index is 1.36. The zero-order valence-corrected chi connectivity index (χ0v) is 66.7. The summed E-state index contributed by atoms with van der Waals surface area (Å²) < 4.78 is 34.4. The Morgan fingerprint density at radius 3 is 1.03 bits per heavy atom. The number of aliphatic hydroxyl groups is 11. The number of nitrogens with one attached hydrogen (secondary N) is 1. The molecular formula is C90H149NO18. The van der Waals surface area contributed by atoms with Gasteiger partial charge in [-0.3, -0.25) is 4.79 Å².